The van der Waals surface area contributed by atoms with E-state index >= 15 is 0 Å². The summed E-state index contributed by atoms with van der Waals surface area (Å²) in [7, 11) is 0. The van der Waals surface area contributed by atoms with Crippen LogP contribution in [0.3, 0.4) is 0 Å². The molecule has 3 N–H and O–H groups in total. The molecule has 1 fully saturated rings. The predicted octanol–water partition coefficient (Wildman–Crippen LogP) is 3.37. The average molecular weight is 375 g/mol. The number of rotatable bonds is 6. The van der Waals surface area contributed by atoms with Gasteiger partial charge >= 0.3 is 0 Å². The van der Waals surface area contributed by atoms with E-state index in [2.05, 4.69) is 35.7 Å². The molecule has 28 heavy (non-hydrogen) atoms. The van der Waals surface area contributed by atoms with Gasteiger partial charge in [-0.2, -0.15) is 20.1 Å². The third-order valence-corrected chi connectivity index (χ3v) is 4.29. The fraction of sp³-hybridized carbons (Fsp3) is 0.200. The molecule has 0 atom stereocenters. The number of benzene rings is 2. The molecule has 0 unspecified atom stereocenters. The molecule has 8 heteroatoms. The monoisotopic (exact) mass is 375 g/mol. The molecule has 8 nitrogen and oxygen atoms in total. The minimum atomic E-state index is 0.190. The first-order valence-electron chi connectivity index (χ1n) is 9.17. The van der Waals surface area contributed by atoms with E-state index in [1.807, 2.05) is 36.4 Å². The van der Waals surface area contributed by atoms with E-state index in [0.717, 1.165) is 37.2 Å². The Morgan fingerprint density at radius 2 is 1.71 bits per heavy atom. The van der Waals surface area contributed by atoms with Crippen molar-refractivity contribution in [3.63, 3.8) is 0 Å². The Morgan fingerprint density at radius 1 is 0.929 bits per heavy atom. The topological polar surface area (TPSA) is 98.6 Å². The molecule has 0 aliphatic carbocycles. The maximum absolute atomic E-state index is 9.53. The summed E-state index contributed by atoms with van der Waals surface area (Å²) in [5, 5.41) is 16.9. The van der Waals surface area contributed by atoms with Gasteiger partial charge in [-0.25, -0.2) is 5.43 Å². The number of hydrazone groups is 1. The van der Waals surface area contributed by atoms with Crippen LogP contribution in [0.25, 0.3) is 0 Å². The zero-order chi connectivity index (χ0) is 19.2. The molecular formula is C20H21N7O. The average Bonchev–Trinajstić information content (AvgIpc) is 3.24. The zero-order valence-electron chi connectivity index (χ0n) is 15.3. The zero-order valence-corrected chi connectivity index (χ0v) is 15.3. The normalized spacial score (nSPS) is 13.8. The summed E-state index contributed by atoms with van der Waals surface area (Å²) in [4.78, 5) is 15.6. The summed E-state index contributed by atoms with van der Waals surface area (Å²) in [6.45, 7) is 1.86. The highest BCUT2D eigenvalue weighted by atomic mass is 16.3. The minimum absolute atomic E-state index is 0.190. The van der Waals surface area contributed by atoms with E-state index in [0.29, 0.717) is 17.8 Å². The van der Waals surface area contributed by atoms with Gasteiger partial charge < -0.3 is 15.3 Å². The van der Waals surface area contributed by atoms with Crippen LogP contribution in [0, 0.1) is 0 Å². The van der Waals surface area contributed by atoms with Crippen molar-refractivity contribution in [3.8, 4) is 5.75 Å². The van der Waals surface area contributed by atoms with Crippen molar-refractivity contribution in [2.75, 3.05) is 28.7 Å². The summed E-state index contributed by atoms with van der Waals surface area (Å²) in [6.07, 6.45) is 3.86. The Bertz CT molecular complexity index is 956. The van der Waals surface area contributed by atoms with Crippen LogP contribution >= 0.6 is 0 Å². The van der Waals surface area contributed by atoms with Gasteiger partial charge in [-0.05, 0) is 42.7 Å². The molecule has 0 spiro atoms. The third kappa shape index (κ3) is 4.53. The highest BCUT2D eigenvalue weighted by Crippen LogP contribution is 2.20. The van der Waals surface area contributed by atoms with E-state index in [9.17, 15) is 5.11 Å². The van der Waals surface area contributed by atoms with Crippen molar-refractivity contribution in [2.24, 2.45) is 5.10 Å². The molecule has 0 saturated carbocycles. The quantitative estimate of drug-likeness (QED) is 0.449. The first kappa shape index (κ1) is 17.7. The predicted molar refractivity (Wildman–Crippen MR) is 110 cm³/mol. The largest absolute Gasteiger partial charge is 0.508 e. The smallest absolute Gasteiger partial charge is 0.250 e. The van der Waals surface area contributed by atoms with E-state index in [4.69, 9.17) is 0 Å². The Balaban J connectivity index is 1.56. The summed E-state index contributed by atoms with van der Waals surface area (Å²) in [5.41, 5.74) is 4.53. The fourth-order valence-corrected chi connectivity index (χ4v) is 2.95. The highest BCUT2D eigenvalue weighted by Gasteiger charge is 2.17. The Kier molecular flexibility index (Phi) is 5.28. The maximum atomic E-state index is 9.53. The number of nitrogens with one attached hydrogen (secondary N) is 2. The van der Waals surface area contributed by atoms with Crippen molar-refractivity contribution in [2.45, 2.75) is 12.8 Å². The number of hydrogen-bond donors (Lipinski definition) is 3. The summed E-state index contributed by atoms with van der Waals surface area (Å²) < 4.78 is 0. The molecule has 1 aromatic heterocycles. The minimum Gasteiger partial charge on any atom is -0.508 e. The first-order valence-corrected chi connectivity index (χ1v) is 9.17. The van der Waals surface area contributed by atoms with Gasteiger partial charge in [0.15, 0.2) is 0 Å². The number of nitrogens with zero attached hydrogens (tertiary/aromatic N) is 5. The summed E-state index contributed by atoms with van der Waals surface area (Å²) in [5.74, 6) is 1.63. The third-order valence-electron chi connectivity index (χ3n) is 4.29. The lowest BCUT2D eigenvalue weighted by atomic mass is 10.2. The van der Waals surface area contributed by atoms with Gasteiger partial charge in [0.2, 0.25) is 17.8 Å². The van der Waals surface area contributed by atoms with Crippen LogP contribution in [0.2, 0.25) is 0 Å². The number of hydrogen-bond acceptors (Lipinski definition) is 8. The number of phenols is 1. The number of phenolic OH excluding ortho intramolecular Hbond substituents is 1. The van der Waals surface area contributed by atoms with Gasteiger partial charge in [-0.1, -0.05) is 30.3 Å². The molecule has 0 bridgehead atoms. The fourth-order valence-electron chi connectivity index (χ4n) is 2.95. The number of anilines is 4. The molecule has 1 saturated heterocycles. The molecule has 1 aliphatic rings. The number of aromatic hydroxyl groups is 1. The van der Waals surface area contributed by atoms with Crippen LogP contribution in [0.5, 0.6) is 5.75 Å². The van der Waals surface area contributed by atoms with Gasteiger partial charge in [-0.3, -0.25) is 0 Å². The molecular weight excluding hydrogens is 354 g/mol. The summed E-state index contributed by atoms with van der Waals surface area (Å²) in [6, 6.07) is 16.6. The number of para-hydroxylation sites is 1. The van der Waals surface area contributed by atoms with Crippen LogP contribution in [0.4, 0.5) is 23.5 Å². The van der Waals surface area contributed by atoms with Crippen molar-refractivity contribution in [1.29, 1.82) is 0 Å². The second-order valence-electron chi connectivity index (χ2n) is 6.43. The van der Waals surface area contributed by atoms with Gasteiger partial charge in [0.1, 0.15) is 5.75 Å². The van der Waals surface area contributed by atoms with E-state index in [1.165, 1.54) is 0 Å². The molecule has 3 aromatic rings. The van der Waals surface area contributed by atoms with Crippen molar-refractivity contribution in [1.82, 2.24) is 15.0 Å². The lowest BCUT2D eigenvalue weighted by molar-refractivity contribution is 0.475. The van der Waals surface area contributed by atoms with Gasteiger partial charge in [0.05, 0.1) is 6.21 Å². The van der Waals surface area contributed by atoms with Crippen LogP contribution in [-0.4, -0.2) is 39.4 Å². The lowest BCUT2D eigenvalue weighted by Gasteiger charge is -2.16. The molecule has 142 valence electrons. The maximum Gasteiger partial charge on any atom is 0.250 e. The Labute approximate surface area is 163 Å². The molecule has 4 rings (SSSR count). The van der Waals surface area contributed by atoms with Crippen molar-refractivity contribution in [3.05, 3.63) is 60.2 Å². The van der Waals surface area contributed by atoms with Crippen LogP contribution in [0.1, 0.15) is 18.4 Å². The van der Waals surface area contributed by atoms with E-state index < -0.39 is 0 Å². The Morgan fingerprint density at radius 3 is 2.50 bits per heavy atom. The Hall–Kier alpha value is -3.68. The van der Waals surface area contributed by atoms with Crippen LogP contribution in [0.15, 0.2) is 59.7 Å². The van der Waals surface area contributed by atoms with Gasteiger partial charge in [0.25, 0.3) is 0 Å². The van der Waals surface area contributed by atoms with Gasteiger partial charge in [0, 0.05) is 18.8 Å². The van der Waals surface area contributed by atoms with Crippen molar-refractivity contribution >= 4 is 29.7 Å². The molecule has 1 aliphatic heterocycles. The number of aromatic nitrogens is 3. The highest BCUT2D eigenvalue weighted by molar-refractivity contribution is 5.80. The standard InChI is InChI=1S/C20H21N7O/c28-17-10-6-7-15(13-17)14-21-26-19-23-18(22-16-8-2-1-3-9-16)24-20(25-19)27-11-4-5-12-27/h1-3,6-10,13-14,28H,4-5,11-12H2,(H2,22,23,24,25,26). The molecule has 2 heterocycles. The van der Waals surface area contributed by atoms with Gasteiger partial charge in [-0.15, -0.1) is 0 Å². The second kappa shape index (κ2) is 8.34. The molecule has 0 amide bonds. The van der Waals surface area contributed by atoms with Crippen LogP contribution < -0.4 is 15.6 Å². The molecule has 2 aromatic carbocycles. The lowest BCUT2D eigenvalue weighted by Crippen LogP contribution is -2.21. The summed E-state index contributed by atoms with van der Waals surface area (Å²) >= 11 is 0. The first-order chi connectivity index (χ1) is 13.8. The second-order valence-corrected chi connectivity index (χ2v) is 6.43. The van der Waals surface area contributed by atoms with Crippen LogP contribution in [-0.2, 0) is 0 Å². The van der Waals surface area contributed by atoms with E-state index in [1.54, 1.807) is 24.4 Å². The van der Waals surface area contributed by atoms with Crippen molar-refractivity contribution < 1.29 is 5.11 Å². The SMILES string of the molecule is Oc1cccc(C=NNc2nc(Nc3ccccc3)nc(N3CCCC3)n2)c1. The van der Waals surface area contributed by atoms with E-state index in [-0.39, 0.29) is 5.75 Å². The molecule has 0 radical (unpaired) electrons.